The molecule has 1 aliphatic rings. The van der Waals surface area contributed by atoms with Gasteiger partial charge in [-0.2, -0.15) is 4.79 Å². The van der Waals surface area contributed by atoms with Crippen LogP contribution in [0.15, 0.2) is 0 Å². The second kappa shape index (κ2) is 3.87. The average Bonchev–Trinajstić information content (AvgIpc) is 2.02. The molecule has 0 unspecified atom stereocenters. The largest absolute Gasteiger partial charge is 0.516 e. The molecule has 14 heavy (non-hydrogen) atoms. The van der Waals surface area contributed by atoms with Gasteiger partial charge in [-0.15, -0.1) is 0 Å². The van der Waals surface area contributed by atoms with Gasteiger partial charge in [-0.3, -0.25) is 0 Å². The summed E-state index contributed by atoms with van der Waals surface area (Å²) in [6, 6.07) is 0. The second-order valence-corrected chi connectivity index (χ2v) is 4.94. The normalized spacial score (nSPS) is 21.7. The number of morpholine rings is 1. The Bertz CT molecular complexity index is 214. The van der Waals surface area contributed by atoms with Crippen LogP contribution in [0, 0.1) is 0 Å². The van der Waals surface area contributed by atoms with Gasteiger partial charge in [0.25, 0.3) is 0 Å². The highest BCUT2D eigenvalue weighted by atomic mass is 16.6. The maximum absolute atomic E-state index is 11.8. The highest BCUT2D eigenvalue weighted by molar-refractivity contribution is 5.60. The molecule has 4 nitrogen and oxygen atoms in total. The third-order valence-corrected chi connectivity index (χ3v) is 2.29. The Balaban J connectivity index is 2.58. The highest BCUT2D eigenvalue weighted by Crippen LogP contribution is 2.16. The molecule has 0 aromatic heterocycles. The van der Waals surface area contributed by atoms with Crippen molar-refractivity contribution in [2.75, 3.05) is 33.4 Å². The summed E-state index contributed by atoms with van der Waals surface area (Å²) >= 11 is 0. The van der Waals surface area contributed by atoms with E-state index in [1.165, 1.54) is 0 Å². The molecular weight excluding hydrogens is 182 g/mol. The predicted octanol–water partition coefficient (Wildman–Crippen LogP) is 1.40. The topological polar surface area (TPSA) is 35.5 Å². The molecule has 1 amide bonds. The number of amides is 1. The maximum atomic E-state index is 11.8. The summed E-state index contributed by atoms with van der Waals surface area (Å²) in [5.41, 5.74) is -0.406. The molecule has 4 heteroatoms. The molecule has 0 bridgehead atoms. The highest BCUT2D eigenvalue weighted by Gasteiger charge is 2.38. The van der Waals surface area contributed by atoms with Crippen LogP contribution in [0.1, 0.15) is 20.8 Å². The van der Waals surface area contributed by atoms with Crippen molar-refractivity contribution in [3.8, 4) is 0 Å². The Hall–Kier alpha value is -0.610. The third-order valence-electron chi connectivity index (χ3n) is 2.29. The number of likely N-dealkylation sites (N-methyl/N-ethyl adjacent to an activating group) is 1. The molecule has 82 valence electrons. The van der Waals surface area contributed by atoms with Gasteiger partial charge in [0.05, 0.1) is 20.3 Å². The molecule has 0 saturated carbocycles. The fraction of sp³-hybridized carbons (Fsp3) is 0.900. The Morgan fingerprint density at radius 3 is 2.21 bits per heavy atom. The van der Waals surface area contributed by atoms with Crippen LogP contribution < -0.4 is 0 Å². The molecule has 0 radical (unpaired) electrons. The van der Waals surface area contributed by atoms with Gasteiger partial charge in [0.1, 0.15) is 18.7 Å². The lowest BCUT2D eigenvalue weighted by Crippen LogP contribution is -2.57. The van der Waals surface area contributed by atoms with E-state index in [0.29, 0.717) is 30.8 Å². The van der Waals surface area contributed by atoms with Crippen LogP contribution in [-0.2, 0) is 9.47 Å². The molecule has 0 aliphatic carbocycles. The van der Waals surface area contributed by atoms with E-state index in [2.05, 4.69) is 0 Å². The van der Waals surface area contributed by atoms with Crippen LogP contribution in [0.2, 0.25) is 0 Å². The van der Waals surface area contributed by atoms with Crippen molar-refractivity contribution in [2.45, 2.75) is 26.4 Å². The molecule has 0 atom stereocenters. The van der Waals surface area contributed by atoms with E-state index in [0.717, 1.165) is 0 Å². The fourth-order valence-corrected chi connectivity index (χ4v) is 1.30. The van der Waals surface area contributed by atoms with Crippen LogP contribution in [0.3, 0.4) is 0 Å². The number of rotatable bonds is 0. The minimum atomic E-state index is -0.406. The quantitative estimate of drug-likeness (QED) is 0.557. The first kappa shape index (κ1) is 11.5. The van der Waals surface area contributed by atoms with E-state index in [-0.39, 0.29) is 6.09 Å². The van der Waals surface area contributed by atoms with Gasteiger partial charge in [0.15, 0.2) is 0 Å². The van der Waals surface area contributed by atoms with Crippen molar-refractivity contribution >= 4 is 6.09 Å². The van der Waals surface area contributed by atoms with Crippen molar-refractivity contribution in [3.05, 3.63) is 0 Å². The summed E-state index contributed by atoms with van der Waals surface area (Å²) in [7, 11) is 1.90. The van der Waals surface area contributed by atoms with Gasteiger partial charge in [-0.1, -0.05) is 0 Å². The average molecular weight is 202 g/mol. The van der Waals surface area contributed by atoms with Gasteiger partial charge in [0.2, 0.25) is 0 Å². The van der Waals surface area contributed by atoms with Crippen molar-refractivity contribution in [1.29, 1.82) is 0 Å². The van der Waals surface area contributed by atoms with Gasteiger partial charge in [-0.05, 0) is 20.8 Å². The fourth-order valence-electron chi connectivity index (χ4n) is 1.30. The first-order valence-corrected chi connectivity index (χ1v) is 4.99. The molecule has 0 spiro atoms. The Morgan fingerprint density at radius 1 is 1.29 bits per heavy atom. The van der Waals surface area contributed by atoms with E-state index in [9.17, 15) is 4.79 Å². The Kier molecular flexibility index (Phi) is 3.17. The van der Waals surface area contributed by atoms with Crippen molar-refractivity contribution in [1.82, 2.24) is 0 Å². The summed E-state index contributed by atoms with van der Waals surface area (Å²) in [6.45, 7) is 8.34. The van der Waals surface area contributed by atoms with Crippen molar-refractivity contribution < 1.29 is 18.8 Å². The summed E-state index contributed by atoms with van der Waals surface area (Å²) < 4.78 is 10.9. The molecule has 1 rings (SSSR count). The lowest BCUT2D eigenvalue weighted by Gasteiger charge is -2.35. The number of carbonyl (C=O) groups excluding carboxylic acids is 1. The van der Waals surface area contributed by atoms with Crippen LogP contribution in [-0.4, -0.2) is 49.5 Å². The van der Waals surface area contributed by atoms with Gasteiger partial charge >= 0.3 is 6.09 Å². The molecule has 1 aliphatic heterocycles. The van der Waals surface area contributed by atoms with E-state index in [1.54, 1.807) is 0 Å². The van der Waals surface area contributed by atoms with Crippen LogP contribution in [0.25, 0.3) is 0 Å². The molecule has 0 aromatic rings. The van der Waals surface area contributed by atoms with Gasteiger partial charge < -0.3 is 9.47 Å². The molecule has 1 heterocycles. The zero-order chi connectivity index (χ0) is 10.8. The lowest BCUT2D eigenvalue weighted by molar-refractivity contribution is -0.847. The molecule has 0 aromatic carbocycles. The molecule has 1 fully saturated rings. The van der Waals surface area contributed by atoms with Crippen LogP contribution in [0.5, 0.6) is 0 Å². The molecular formula is C10H20NO3+. The van der Waals surface area contributed by atoms with E-state index in [1.807, 2.05) is 27.8 Å². The van der Waals surface area contributed by atoms with E-state index < -0.39 is 5.60 Å². The third kappa shape index (κ3) is 2.96. The van der Waals surface area contributed by atoms with Crippen molar-refractivity contribution in [3.63, 3.8) is 0 Å². The standard InChI is InChI=1S/C10H20NO3/c1-10(2,3)14-9(12)11(4)5-7-13-8-6-11/h5-8H2,1-4H3/q+1. The first-order valence-electron chi connectivity index (χ1n) is 4.99. The van der Waals surface area contributed by atoms with Gasteiger partial charge in [0, 0.05) is 0 Å². The zero-order valence-electron chi connectivity index (χ0n) is 9.50. The minimum Gasteiger partial charge on any atom is -0.414 e. The monoisotopic (exact) mass is 202 g/mol. The molecule has 1 saturated heterocycles. The summed E-state index contributed by atoms with van der Waals surface area (Å²) in [5, 5.41) is 0. The van der Waals surface area contributed by atoms with E-state index in [4.69, 9.17) is 9.47 Å². The number of hydrogen-bond acceptors (Lipinski definition) is 3. The van der Waals surface area contributed by atoms with Crippen LogP contribution in [0.4, 0.5) is 4.79 Å². The number of ether oxygens (including phenoxy) is 2. The maximum Gasteiger partial charge on any atom is 0.516 e. The lowest BCUT2D eigenvalue weighted by atomic mass is 10.2. The van der Waals surface area contributed by atoms with Crippen molar-refractivity contribution in [2.24, 2.45) is 0 Å². The SMILES string of the molecule is CC(C)(C)OC(=O)[N+]1(C)CCOCC1. The Morgan fingerprint density at radius 2 is 1.79 bits per heavy atom. The summed E-state index contributed by atoms with van der Waals surface area (Å²) in [4.78, 5) is 11.8. The van der Waals surface area contributed by atoms with Gasteiger partial charge in [-0.25, -0.2) is 4.48 Å². The number of carbonyl (C=O) groups is 1. The van der Waals surface area contributed by atoms with E-state index >= 15 is 0 Å². The number of nitrogens with zero attached hydrogens (tertiary/aromatic N) is 1. The summed E-state index contributed by atoms with van der Waals surface area (Å²) in [5.74, 6) is 0. The minimum absolute atomic E-state index is 0.152. The smallest absolute Gasteiger partial charge is 0.414 e. The first-order chi connectivity index (χ1) is 6.33. The zero-order valence-corrected chi connectivity index (χ0v) is 9.50. The van der Waals surface area contributed by atoms with Crippen LogP contribution >= 0.6 is 0 Å². The number of hydrogen-bond donors (Lipinski definition) is 0. The Labute approximate surface area is 85.4 Å². The second-order valence-electron chi connectivity index (χ2n) is 4.94. The number of quaternary nitrogens is 1. The predicted molar refractivity (Wildman–Crippen MR) is 53.0 cm³/mol. The summed E-state index contributed by atoms with van der Waals surface area (Å²) in [6.07, 6.45) is -0.152. The molecule has 0 N–H and O–H groups in total.